The molecule has 2 aromatic heterocycles. The third kappa shape index (κ3) is 13.7. The second kappa shape index (κ2) is 24.0. The van der Waals surface area contributed by atoms with Gasteiger partial charge in [0.2, 0.25) is 0 Å². The van der Waals surface area contributed by atoms with E-state index in [-0.39, 0.29) is 0 Å². The molecule has 2 nitrogen and oxygen atoms in total. The first-order chi connectivity index (χ1) is 27.8. The number of unbranched alkanes of at least 4 members (excludes halogenated alkanes) is 12. The molecule has 0 aliphatic carbocycles. The van der Waals surface area contributed by atoms with Gasteiger partial charge in [0, 0.05) is 24.2 Å². The first-order valence-electron chi connectivity index (χ1n) is 21.9. The van der Waals surface area contributed by atoms with Crippen LogP contribution in [-0.2, 0) is 12.8 Å². The maximum absolute atomic E-state index is 4.78. The Bertz CT molecular complexity index is 1650. The van der Waals surface area contributed by atoms with E-state index in [1.807, 2.05) is 0 Å². The highest BCUT2D eigenvalue weighted by Crippen LogP contribution is 2.31. The van der Waals surface area contributed by atoms with Gasteiger partial charge < -0.3 is 0 Å². The van der Waals surface area contributed by atoms with Crippen LogP contribution in [0.5, 0.6) is 0 Å². The molecule has 0 amide bonds. The first-order valence-corrected chi connectivity index (χ1v) is 21.9. The lowest BCUT2D eigenvalue weighted by molar-refractivity contribution is 0.553. The number of nitrogens with zero attached hydrogens (tertiary/aromatic N) is 2. The van der Waals surface area contributed by atoms with E-state index in [4.69, 9.17) is 9.97 Å². The maximum Gasteiger partial charge on any atom is 0.0886 e. The summed E-state index contributed by atoms with van der Waals surface area (Å²) in [5, 5.41) is 0. The fourth-order valence-corrected chi connectivity index (χ4v) is 8.36. The number of rotatable bonds is 25. The highest BCUT2D eigenvalue weighted by Gasteiger charge is 2.14. The topological polar surface area (TPSA) is 25.8 Å². The number of benzene rings is 4. The second-order valence-corrected chi connectivity index (χ2v) is 15.9. The lowest BCUT2D eigenvalue weighted by Gasteiger charge is -2.18. The van der Waals surface area contributed by atoms with E-state index >= 15 is 0 Å². The fraction of sp³-hybridized carbons (Fsp3) is 0.370. The molecule has 0 saturated carbocycles. The molecule has 0 radical (unpaired) electrons. The summed E-state index contributed by atoms with van der Waals surface area (Å²) in [4.78, 5) is 9.56. The molecule has 290 valence electrons. The molecule has 6 aromatic rings. The number of hydrogen-bond donors (Lipinski definition) is 0. The summed E-state index contributed by atoms with van der Waals surface area (Å²) < 4.78 is 0. The smallest absolute Gasteiger partial charge is 0.0886 e. The summed E-state index contributed by atoms with van der Waals surface area (Å²) in [6, 6.07) is 52.9. The Morgan fingerprint density at radius 2 is 0.571 bits per heavy atom. The molecule has 4 aromatic carbocycles. The molecule has 2 heteroatoms. The molecule has 0 fully saturated rings. The third-order valence-corrected chi connectivity index (χ3v) is 11.6. The van der Waals surface area contributed by atoms with Crippen molar-refractivity contribution in [2.75, 3.05) is 0 Å². The molecular weight excluding hydrogens is 677 g/mol. The molecule has 2 heterocycles. The Morgan fingerprint density at radius 3 is 0.857 bits per heavy atom. The summed E-state index contributed by atoms with van der Waals surface area (Å²) in [7, 11) is 0. The normalized spacial score (nSPS) is 11.4. The van der Waals surface area contributed by atoms with Crippen LogP contribution in [0.15, 0.2) is 158 Å². The SMILES string of the molecule is c1ccc(C(CCCCCCCCCc2ccc(-c3ccc(CCCCCCCCCC(c4ccccc4)c4ccccc4)cn3)nc2)c2ccccc2)cc1. The maximum atomic E-state index is 4.78. The van der Waals surface area contributed by atoms with Crippen LogP contribution in [0.1, 0.15) is 148 Å². The van der Waals surface area contributed by atoms with Crippen molar-refractivity contribution >= 4 is 0 Å². The van der Waals surface area contributed by atoms with Gasteiger partial charge in [-0.05, 0) is 84.0 Å². The zero-order valence-electron chi connectivity index (χ0n) is 33.8. The van der Waals surface area contributed by atoms with Crippen molar-refractivity contribution in [3.63, 3.8) is 0 Å². The molecule has 0 aliphatic rings. The van der Waals surface area contributed by atoms with Crippen LogP contribution in [0.3, 0.4) is 0 Å². The van der Waals surface area contributed by atoms with Gasteiger partial charge in [-0.25, -0.2) is 0 Å². The second-order valence-electron chi connectivity index (χ2n) is 15.9. The molecule has 0 saturated heterocycles. The quantitative estimate of drug-likeness (QED) is 0.0546. The Morgan fingerprint density at radius 1 is 0.286 bits per heavy atom. The standard InChI is InChI=1S/C54H64N2/c1(5-9-25-37-51(47-29-17-11-18-30-47)48-31-19-12-20-32-48)3-7-15-27-45-39-41-53(55-43-45)54-42-40-46(44-56-54)28-16-8-4-2-6-10-26-38-52(49-33-21-13-22-34-49)50-35-23-14-24-36-50/h11-14,17-24,29-36,39-44,51-52H,1-10,15-16,25-28,37-38H2. The fourth-order valence-electron chi connectivity index (χ4n) is 8.36. The van der Waals surface area contributed by atoms with Gasteiger partial charge in [0.25, 0.3) is 0 Å². The number of aryl methyl sites for hydroxylation is 2. The van der Waals surface area contributed by atoms with Crippen molar-refractivity contribution in [1.82, 2.24) is 9.97 Å². The minimum atomic E-state index is 0.504. The third-order valence-electron chi connectivity index (χ3n) is 11.6. The van der Waals surface area contributed by atoms with Crippen LogP contribution in [0.25, 0.3) is 11.4 Å². The van der Waals surface area contributed by atoms with Crippen molar-refractivity contribution in [2.24, 2.45) is 0 Å². The van der Waals surface area contributed by atoms with Crippen molar-refractivity contribution in [1.29, 1.82) is 0 Å². The largest absolute Gasteiger partial charge is 0.254 e. The number of pyridine rings is 2. The van der Waals surface area contributed by atoms with Gasteiger partial charge in [-0.1, -0.05) is 211 Å². The van der Waals surface area contributed by atoms with Gasteiger partial charge >= 0.3 is 0 Å². The molecule has 6 rings (SSSR count). The van der Waals surface area contributed by atoms with Crippen molar-refractivity contribution in [3.8, 4) is 11.4 Å². The van der Waals surface area contributed by atoms with E-state index in [0.717, 1.165) is 24.2 Å². The molecule has 0 unspecified atom stereocenters. The minimum Gasteiger partial charge on any atom is -0.254 e. The Labute approximate surface area is 338 Å². The highest BCUT2D eigenvalue weighted by molar-refractivity contribution is 5.54. The monoisotopic (exact) mass is 741 g/mol. The van der Waals surface area contributed by atoms with Crippen molar-refractivity contribution < 1.29 is 0 Å². The van der Waals surface area contributed by atoms with Crippen LogP contribution in [0, 0.1) is 0 Å². The van der Waals surface area contributed by atoms with E-state index in [2.05, 4.69) is 158 Å². The van der Waals surface area contributed by atoms with E-state index < -0.39 is 0 Å². The van der Waals surface area contributed by atoms with E-state index in [9.17, 15) is 0 Å². The zero-order valence-corrected chi connectivity index (χ0v) is 33.8. The van der Waals surface area contributed by atoms with E-state index in [0.29, 0.717) is 11.8 Å². The molecule has 56 heavy (non-hydrogen) atoms. The van der Waals surface area contributed by atoms with Crippen LogP contribution >= 0.6 is 0 Å². The minimum absolute atomic E-state index is 0.504. The Kier molecular flexibility index (Phi) is 17.5. The lowest BCUT2D eigenvalue weighted by Crippen LogP contribution is -2.01. The average Bonchev–Trinajstić information content (AvgIpc) is 3.27. The van der Waals surface area contributed by atoms with Crippen LogP contribution in [0.2, 0.25) is 0 Å². The molecule has 0 bridgehead atoms. The van der Waals surface area contributed by atoms with Gasteiger partial charge in [-0.3, -0.25) is 9.97 Å². The van der Waals surface area contributed by atoms with Crippen LogP contribution < -0.4 is 0 Å². The van der Waals surface area contributed by atoms with Crippen molar-refractivity contribution in [3.05, 3.63) is 191 Å². The number of hydrogen-bond acceptors (Lipinski definition) is 2. The Balaban J connectivity index is 0.788. The Hall–Kier alpha value is -4.82. The number of aromatic nitrogens is 2. The summed E-state index contributed by atoms with van der Waals surface area (Å²) >= 11 is 0. The predicted molar refractivity (Wildman–Crippen MR) is 238 cm³/mol. The van der Waals surface area contributed by atoms with Crippen molar-refractivity contribution in [2.45, 2.75) is 127 Å². The van der Waals surface area contributed by atoms with Crippen LogP contribution in [-0.4, -0.2) is 9.97 Å². The van der Waals surface area contributed by atoms with Gasteiger partial charge in [-0.15, -0.1) is 0 Å². The molecule has 0 aliphatic heterocycles. The van der Waals surface area contributed by atoms with Gasteiger partial charge in [0.05, 0.1) is 11.4 Å². The van der Waals surface area contributed by atoms with Gasteiger partial charge in [-0.2, -0.15) is 0 Å². The summed E-state index contributed by atoms with van der Waals surface area (Å²) in [5.41, 5.74) is 10.4. The van der Waals surface area contributed by atoms with E-state index in [1.165, 1.54) is 136 Å². The van der Waals surface area contributed by atoms with Gasteiger partial charge in [0.1, 0.15) is 0 Å². The summed E-state index contributed by atoms with van der Waals surface area (Å²) in [5.74, 6) is 1.01. The molecule has 0 N–H and O–H groups in total. The summed E-state index contributed by atoms with van der Waals surface area (Å²) in [6.07, 6.45) is 27.1. The van der Waals surface area contributed by atoms with E-state index in [1.54, 1.807) is 0 Å². The average molecular weight is 741 g/mol. The zero-order chi connectivity index (χ0) is 38.3. The first kappa shape index (κ1) is 40.8. The molecule has 0 spiro atoms. The molecule has 0 atom stereocenters. The van der Waals surface area contributed by atoms with Crippen LogP contribution in [0.4, 0.5) is 0 Å². The molecular formula is C54H64N2. The lowest BCUT2D eigenvalue weighted by atomic mass is 9.87. The van der Waals surface area contributed by atoms with Gasteiger partial charge in [0.15, 0.2) is 0 Å². The summed E-state index contributed by atoms with van der Waals surface area (Å²) in [6.45, 7) is 0. The highest BCUT2D eigenvalue weighted by atomic mass is 14.8. The predicted octanol–water partition coefficient (Wildman–Crippen LogP) is 15.1.